The molecule has 1 rings (SSSR count). The fourth-order valence-corrected chi connectivity index (χ4v) is 2.71. The van der Waals surface area contributed by atoms with Gasteiger partial charge in [-0.3, -0.25) is 0 Å². The van der Waals surface area contributed by atoms with Crippen LogP contribution in [0.25, 0.3) is 0 Å². The zero-order chi connectivity index (χ0) is 12.2. The molecule has 90 valence electrons. The molecule has 0 radical (unpaired) electrons. The average Bonchev–Trinajstić information content (AvgIpc) is 2.14. The van der Waals surface area contributed by atoms with Crippen molar-refractivity contribution in [1.82, 2.24) is 0 Å². The Morgan fingerprint density at radius 2 is 2.06 bits per heavy atom. The van der Waals surface area contributed by atoms with E-state index in [2.05, 4.69) is 15.9 Å². The molecule has 0 spiro atoms. The van der Waals surface area contributed by atoms with Gasteiger partial charge in [0.1, 0.15) is 5.75 Å². The average molecular weight is 307 g/mol. The van der Waals surface area contributed by atoms with Gasteiger partial charge in [-0.1, -0.05) is 35.8 Å². The van der Waals surface area contributed by atoms with Crippen LogP contribution in [0.1, 0.15) is 20.3 Å². The molecule has 0 unspecified atom stereocenters. The Kier molecular flexibility index (Phi) is 4.80. The van der Waals surface area contributed by atoms with Gasteiger partial charge >= 0.3 is 10.1 Å². The van der Waals surface area contributed by atoms with Crippen LogP contribution >= 0.6 is 15.9 Å². The third-order valence-electron chi connectivity index (χ3n) is 1.96. The van der Waals surface area contributed by atoms with Crippen molar-refractivity contribution in [2.45, 2.75) is 20.3 Å². The highest BCUT2D eigenvalue weighted by Gasteiger charge is 2.13. The predicted octanol–water partition coefficient (Wildman–Crippen LogP) is 3.20. The molecular formula is C11H15BrO3S. The predicted molar refractivity (Wildman–Crippen MR) is 68.0 cm³/mol. The molecule has 0 N–H and O–H groups in total. The SMILES string of the molecule is CC(C)CCS(=O)(=O)Oc1cccc(Br)c1. The fourth-order valence-electron chi connectivity index (χ4n) is 1.09. The molecule has 0 heterocycles. The molecule has 5 heteroatoms. The maximum Gasteiger partial charge on any atom is 0.309 e. The normalized spacial score (nSPS) is 11.8. The van der Waals surface area contributed by atoms with E-state index in [-0.39, 0.29) is 5.75 Å². The van der Waals surface area contributed by atoms with Crippen LogP contribution in [0.2, 0.25) is 0 Å². The molecule has 1 aromatic carbocycles. The lowest BCUT2D eigenvalue weighted by Crippen LogP contribution is -2.15. The van der Waals surface area contributed by atoms with E-state index in [9.17, 15) is 8.42 Å². The first kappa shape index (κ1) is 13.5. The Morgan fingerprint density at radius 3 is 2.62 bits per heavy atom. The van der Waals surface area contributed by atoms with Crippen molar-refractivity contribution in [2.24, 2.45) is 5.92 Å². The Bertz CT molecular complexity index is 440. The fraction of sp³-hybridized carbons (Fsp3) is 0.455. The van der Waals surface area contributed by atoms with Crippen LogP contribution in [-0.4, -0.2) is 14.2 Å². The van der Waals surface area contributed by atoms with Crippen molar-refractivity contribution >= 4 is 26.0 Å². The molecule has 0 aromatic heterocycles. The van der Waals surface area contributed by atoms with Crippen LogP contribution < -0.4 is 4.18 Å². The minimum absolute atomic E-state index is 0.0528. The van der Waals surface area contributed by atoms with Crippen molar-refractivity contribution in [1.29, 1.82) is 0 Å². The Hall–Kier alpha value is -0.550. The molecule has 0 saturated carbocycles. The lowest BCUT2D eigenvalue weighted by molar-refractivity contribution is 0.477. The summed E-state index contributed by atoms with van der Waals surface area (Å²) in [7, 11) is -3.47. The van der Waals surface area contributed by atoms with E-state index in [0.717, 1.165) is 4.47 Å². The second kappa shape index (κ2) is 5.68. The largest absolute Gasteiger partial charge is 0.382 e. The summed E-state index contributed by atoms with van der Waals surface area (Å²) in [5, 5.41) is 0. The van der Waals surface area contributed by atoms with E-state index in [1.807, 2.05) is 19.9 Å². The third-order valence-corrected chi connectivity index (χ3v) is 3.64. The van der Waals surface area contributed by atoms with Gasteiger partial charge in [-0.2, -0.15) is 8.42 Å². The van der Waals surface area contributed by atoms with E-state index in [0.29, 0.717) is 18.1 Å². The number of rotatable bonds is 5. The Morgan fingerprint density at radius 1 is 1.38 bits per heavy atom. The molecule has 1 aromatic rings. The Labute approximate surface area is 105 Å². The summed E-state index contributed by atoms with van der Waals surface area (Å²) < 4.78 is 28.9. The smallest absolute Gasteiger partial charge is 0.309 e. The molecule has 0 atom stereocenters. The van der Waals surface area contributed by atoms with Crippen molar-refractivity contribution in [3.63, 3.8) is 0 Å². The van der Waals surface area contributed by atoms with Gasteiger partial charge in [-0.15, -0.1) is 0 Å². The van der Waals surface area contributed by atoms with Crippen LogP contribution in [0.15, 0.2) is 28.7 Å². The molecule has 0 amide bonds. The maximum atomic E-state index is 11.6. The minimum atomic E-state index is -3.47. The zero-order valence-corrected chi connectivity index (χ0v) is 11.7. The van der Waals surface area contributed by atoms with Crippen LogP contribution in [0.3, 0.4) is 0 Å². The lowest BCUT2D eigenvalue weighted by atomic mass is 10.2. The highest BCUT2D eigenvalue weighted by Crippen LogP contribution is 2.19. The summed E-state index contributed by atoms with van der Waals surface area (Å²) in [6.45, 7) is 3.96. The van der Waals surface area contributed by atoms with Crippen LogP contribution in [-0.2, 0) is 10.1 Å². The third kappa shape index (κ3) is 4.99. The first-order valence-electron chi connectivity index (χ1n) is 5.07. The molecule has 0 aliphatic carbocycles. The first-order chi connectivity index (χ1) is 7.39. The number of hydrogen-bond acceptors (Lipinski definition) is 3. The van der Waals surface area contributed by atoms with E-state index >= 15 is 0 Å². The van der Waals surface area contributed by atoms with Gasteiger partial charge in [-0.05, 0) is 30.5 Å². The molecule has 0 aliphatic heterocycles. The van der Waals surface area contributed by atoms with Gasteiger partial charge in [0.05, 0.1) is 5.75 Å². The lowest BCUT2D eigenvalue weighted by Gasteiger charge is -2.08. The van der Waals surface area contributed by atoms with Gasteiger partial charge in [0.15, 0.2) is 0 Å². The first-order valence-corrected chi connectivity index (χ1v) is 7.44. The molecule has 0 aliphatic rings. The number of halogens is 1. The number of benzene rings is 1. The van der Waals surface area contributed by atoms with Gasteiger partial charge in [-0.25, -0.2) is 0 Å². The Balaban J connectivity index is 2.66. The topological polar surface area (TPSA) is 43.4 Å². The summed E-state index contributed by atoms with van der Waals surface area (Å²) in [5.41, 5.74) is 0. The van der Waals surface area contributed by atoms with Gasteiger partial charge in [0.25, 0.3) is 0 Å². The van der Waals surface area contributed by atoms with E-state index in [4.69, 9.17) is 4.18 Å². The summed E-state index contributed by atoms with van der Waals surface area (Å²) in [5.74, 6) is 0.746. The maximum absolute atomic E-state index is 11.6. The van der Waals surface area contributed by atoms with Gasteiger partial charge in [0, 0.05) is 4.47 Å². The molecular weight excluding hydrogens is 292 g/mol. The number of hydrogen-bond donors (Lipinski definition) is 0. The van der Waals surface area contributed by atoms with Gasteiger partial charge in [0.2, 0.25) is 0 Å². The molecule has 0 fully saturated rings. The summed E-state index contributed by atoms with van der Waals surface area (Å²) in [6, 6.07) is 6.80. The second-order valence-electron chi connectivity index (χ2n) is 3.99. The summed E-state index contributed by atoms with van der Waals surface area (Å²) >= 11 is 3.26. The summed E-state index contributed by atoms with van der Waals surface area (Å²) in [6.07, 6.45) is 0.607. The highest BCUT2D eigenvalue weighted by molar-refractivity contribution is 9.10. The van der Waals surface area contributed by atoms with E-state index in [1.54, 1.807) is 18.2 Å². The van der Waals surface area contributed by atoms with Crippen molar-refractivity contribution in [2.75, 3.05) is 5.75 Å². The summed E-state index contributed by atoms with van der Waals surface area (Å²) in [4.78, 5) is 0. The zero-order valence-electron chi connectivity index (χ0n) is 9.31. The second-order valence-corrected chi connectivity index (χ2v) is 6.59. The molecule has 0 bridgehead atoms. The van der Waals surface area contributed by atoms with Crippen molar-refractivity contribution < 1.29 is 12.6 Å². The molecule has 16 heavy (non-hydrogen) atoms. The minimum Gasteiger partial charge on any atom is -0.382 e. The van der Waals surface area contributed by atoms with Gasteiger partial charge < -0.3 is 4.18 Å². The van der Waals surface area contributed by atoms with E-state index in [1.165, 1.54) is 0 Å². The molecule has 0 saturated heterocycles. The van der Waals surface area contributed by atoms with Crippen molar-refractivity contribution in [3.05, 3.63) is 28.7 Å². The quantitative estimate of drug-likeness (QED) is 0.785. The van der Waals surface area contributed by atoms with Crippen molar-refractivity contribution in [3.8, 4) is 5.75 Å². The van der Waals surface area contributed by atoms with Crippen LogP contribution in [0.4, 0.5) is 0 Å². The van der Waals surface area contributed by atoms with Crippen LogP contribution in [0, 0.1) is 5.92 Å². The highest BCUT2D eigenvalue weighted by atomic mass is 79.9. The van der Waals surface area contributed by atoms with Crippen LogP contribution in [0.5, 0.6) is 5.75 Å². The standard InChI is InChI=1S/C11H15BrO3S/c1-9(2)6-7-16(13,14)15-11-5-3-4-10(12)8-11/h3-5,8-9H,6-7H2,1-2H3. The molecule has 3 nitrogen and oxygen atoms in total. The monoisotopic (exact) mass is 306 g/mol. The van der Waals surface area contributed by atoms with E-state index < -0.39 is 10.1 Å².